The van der Waals surface area contributed by atoms with E-state index in [1.165, 1.54) is 0 Å². The molecule has 1 fully saturated rings. The number of rotatable bonds is 0. The Labute approximate surface area is 152 Å². The molecule has 1 aliphatic carbocycles. The first-order valence-corrected chi connectivity index (χ1v) is 10.8. The predicted octanol–water partition coefficient (Wildman–Crippen LogP) is 5.52. The Morgan fingerprint density at radius 3 is 1.00 bits per heavy atom. The third-order valence-electron chi connectivity index (χ3n) is 3.10. The smallest absolute Gasteiger partial charge is 0.0561 e. The minimum atomic E-state index is -0.225. The fraction of sp³-hybridized carbons (Fsp3) is 1.00. The van der Waals surface area contributed by atoms with Gasteiger partial charge in [0, 0.05) is 24.1 Å². The average molecular weight is 579 g/mol. The Bertz CT molecular complexity index is 166. The molecule has 0 aromatic rings. The minimum Gasteiger partial charge on any atom is -0.393 e. The summed E-state index contributed by atoms with van der Waals surface area (Å²) in [6.45, 7) is 0. The van der Waals surface area contributed by atoms with Crippen molar-refractivity contribution in [3.63, 3.8) is 0 Å². The Balaban J connectivity index is 2.60. The molecule has 0 aliphatic heterocycles. The van der Waals surface area contributed by atoms with Gasteiger partial charge in [-0.2, -0.15) is 0 Å². The van der Waals surface area contributed by atoms with Gasteiger partial charge in [0.15, 0.2) is 0 Å². The lowest BCUT2D eigenvalue weighted by Gasteiger charge is -2.25. The van der Waals surface area contributed by atoms with Gasteiger partial charge in [-0.3, -0.25) is 0 Å². The Kier molecular flexibility index (Phi) is 9.61. The first kappa shape index (κ1) is 18.4. The van der Waals surface area contributed by atoms with Crippen LogP contribution in [0.15, 0.2) is 0 Å². The zero-order chi connectivity index (χ0) is 13.7. The van der Waals surface area contributed by atoms with Crippen LogP contribution in [0.2, 0.25) is 0 Å². The maximum Gasteiger partial charge on any atom is 0.0561 e. The van der Waals surface area contributed by atoms with Crippen LogP contribution in [0.25, 0.3) is 0 Å². The molecular weight excluding hydrogens is 560 g/mol. The molecule has 4 atom stereocenters. The van der Waals surface area contributed by atoms with Gasteiger partial charge < -0.3 is 5.11 Å². The molecule has 1 rings (SSSR count). The average Bonchev–Trinajstić information content (AvgIpc) is 2.12. The van der Waals surface area contributed by atoms with E-state index >= 15 is 0 Å². The second kappa shape index (κ2) is 9.39. The van der Waals surface area contributed by atoms with Crippen LogP contribution in [-0.4, -0.2) is 35.3 Å². The molecule has 0 radical (unpaired) electrons. The van der Waals surface area contributed by atoms with E-state index in [2.05, 4.69) is 79.6 Å². The molecule has 0 aromatic carbocycles. The molecule has 0 spiro atoms. The van der Waals surface area contributed by atoms with E-state index in [0.29, 0.717) is 24.1 Å². The molecule has 0 bridgehead atoms. The van der Waals surface area contributed by atoms with Gasteiger partial charge in [0.2, 0.25) is 0 Å². The van der Waals surface area contributed by atoms with Gasteiger partial charge >= 0.3 is 0 Å². The summed E-state index contributed by atoms with van der Waals surface area (Å²) in [6.07, 6.45) is 5.77. The lowest BCUT2D eigenvalue weighted by molar-refractivity contribution is 0.152. The highest BCUT2D eigenvalue weighted by Crippen LogP contribution is 2.31. The van der Waals surface area contributed by atoms with Crippen molar-refractivity contribution in [1.82, 2.24) is 0 Å². The van der Waals surface area contributed by atoms with Crippen LogP contribution < -0.4 is 0 Å². The van der Waals surface area contributed by atoms with Gasteiger partial charge in [-0.15, -0.1) is 0 Å². The highest BCUT2D eigenvalue weighted by molar-refractivity contribution is 9.11. The quantitative estimate of drug-likeness (QED) is 0.376. The fourth-order valence-electron chi connectivity index (χ4n) is 2.28. The molecule has 0 saturated heterocycles. The zero-order valence-corrected chi connectivity index (χ0v) is 18.0. The van der Waals surface area contributed by atoms with Gasteiger partial charge in [-0.25, -0.2) is 0 Å². The standard InChI is InChI=1S/C12H19Br5O/c13-7-1-8(14)3-10(16)5-12(18)6-11(17)4-9(15)2-7/h7-12,18H,1-6H2. The zero-order valence-electron chi connectivity index (χ0n) is 10.0. The molecule has 4 unspecified atom stereocenters. The number of hydrogen-bond donors (Lipinski definition) is 1. The van der Waals surface area contributed by atoms with Crippen LogP contribution in [-0.2, 0) is 0 Å². The molecule has 0 aromatic heterocycles. The molecule has 1 saturated carbocycles. The lowest BCUT2D eigenvalue weighted by Crippen LogP contribution is -2.24. The minimum absolute atomic E-state index is 0.225. The first-order chi connectivity index (χ1) is 8.36. The van der Waals surface area contributed by atoms with Crippen LogP contribution >= 0.6 is 79.6 Å². The molecule has 1 aliphatic rings. The van der Waals surface area contributed by atoms with Crippen molar-refractivity contribution >= 4 is 79.6 Å². The van der Waals surface area contributed by atoms with Gasteiger partial charge in [0.25, 0.3) is 0 Å². The third-order valence-corrected chi connectivity index (χ3v) is 6.84. The van der Waals surface area contributed by atoms with Crippen LogP contribution in [0.1, 0.15) is 38.5 Å². The number of aliphatic hydroxyl groups is 1. The number of alkyl halides is 5. The summed E-state index contributed by atoms with van der Waals surface area (Å²) >= 11 is 18.6. The van der Waals surface area contributed by atoms with Crippen molar-refractivity contribution in [2.45, 2.75) is 68.8 Å². The third kappa shape index (κ3) is 7.96. The highest BCUT2D eigenvalue weighted by Gasteiger charge is 2.24. The van der Waals surface area contributed by atoms with E-state index in [1.807, 2.05) is 0 Å². The van der Waals surface area contributed by atoms with Crippen LogP contribution in [0.4, 0.5) is 0 Å². The van der Waals surface area contributed by atoms with Gasteiger partial charge in [0.1, 0.15) is 0 Å². The molecule has 1 nitrogen and oxygen atoms in total. The molecular formula is C12H19Br5O. The van der Waals surface area contributed by atoms with E-state index in [0.717, 1.165) is 38.5 Å². The molecule has 108 valence electrons. The predicted molar refractivity (Wildman–Crippen MR) is 97.3 cm³/mol. The number of halogens is 5. The van der Waals surface area contributed by atoms with E-state index < -0.39 is 0 Å². The Morgan fingerprint density at radius 2 is 0.722 bits per heavy atom. The molecule has 6 heteroatoms. The SMILES string of the molecule is OC1CC(Br)CC(Br)CC(Br)CC(Br)CC(Br)C1. The second-order valence-electron chi connectivity index (χ2n) is 5.05. The van der Waals surface area contributed by atoms with Crippen LogP contribution in [0, 0.1) is 0 Å². The van der Waals surface area contributed by atoms with Crippen molar-refractivity contribution in [1.29, 1.82) is 0 Å². The lowest BCUT2D eigenvalue weighted by atomic mass is 9.99. The molecule has 0 heterocycles. The summed E-state index contributed by atoms with van der Waals surface area (Å²) in [6, 6.07) is 0. The molecule has 18 heavy (non-hydrogen) atoms. The topological polar surface area (TPSA) is 20.2 Å². The summed E-state index contributed by atoms with van der Waals surface area (Å²) in [5.74, 6) is 0. The van der Waals surface area contributed by atoms with E-state index in [-0.39, 0.29) is 6.10 Å². The van der Waals surface area contributed by atoms with Gasteiger partial charge in [-0.1, -0.05) is 79.6 Å². The van der Waals surface area contributed by atoms with Crippen molar-refractivity contribution in [3.05, 3.63) is 0 Å². The summed E-state index contributed by atoms with van der Waals surface area (Å²) in [7, 11) is 0. The normalized spacial score (nSPS) is 45.0. The molecule has 0 amide bonds. The summed E-state index contributed by atoms with van der Waals surface area (Å²) in [5, 5.41) is 10.1. The summed E-state index contributed by atoms with van der Waals surface area (Å²) in [5.41, 5.74) is 0. The summed E-state index contributed by atoms with van der Waals surface area (Å²) < 4.78 is 0. The van der Waals surface area contributed by atoms with Gasteiger partial charge in [0.05, 0.1) is 6.10 Å². The summed E-state index contributed by atoms with van der Waals surface area (Å²) in [4.78, 5) is 2.30. The van der Waals surface area contributed by atoms with E-state index in [4.69, 9.17) is 0 Å². The Hall–Kier alpha value is 2.36. The Morgan fingerprint density at radius 1 is 0.500 bits per heavy atom. The van der Waals surface area contributed by atoms with Crippen LogP contribution in [0.3, 0.4) is 0 Å². The van der Waals surface area contributed by atoms with Crippen molar-refractivity contribution in [2.75, 3.05) is 0 Å². The van der Waals surface area contributed by atoms with E-state index in [1.54, 1.807) is 0 Å². The first-order valence-electron chi connectivity index (χ1n) is 6.25. The monoisotopic (exact) mass is 574 g/mol. The highest BCUT2D eigenvalue weighted by atomic mass is 79.9. The van der Waals surface area contributed by atoms with E-state index in [9.17, 15) is 5.11 Å². The van der Waals surface area contributed by atoms with Crippen LogP contribution in [0.5, 0.6) is 0 Å². The second-order valence-corrected chi connectivity index (χ2v) is 11.5. The number of hydrogen-bond acceptors (Lipinski definition) is 1. The maximum atomic E-state index is 10.1. The van der Waals surface area contributed by atoms with Crippen molar-refractivity contribution in [2.24, 2.45) is 0 Å². The van der Waals surface area contributed by atoms with Gasteiger partial charge in [-0.05, 0) is 38.5 Å². The van der Waals surface area contributed by atoms with Crippen molar-refractivity contribution < 1.29 is 5.11 Å². The molecule has 1 N–H and O–H groups in total. The largest absolute Gasteiger partial charge is 0.393 e. The fourth-order valence-corrected chi connectivity index (χ4v) is 8.76. The maximum absolute atomic E-state index is 10.1. The number of aliphatic hydroxyl groups excluding tert-OH is 1. The van der Waals surface area contributed by atoms with Crippen molar-refractivity contribution in [3.8, 4) is 0 Å².